The Morgan fingerprint density at radius 1 is 1.17 bits per heavy atom. The lowest BCUT2D eigenvalue weighted by Gasteiger charge is -2.25. The standard InChI is InChI=1S/C30H28N4O6S/c1-6-39-29(36)26-18(3)31-30-33(27(26)19-9-11-21(12-10-19)32(4)5)28(35)25(41-30)16-22-13-14-24(40-22)20-8-7-17(2)23(15-20)34(37)38/h7-16,27H,6H2,1-5H3/b25-16+/t27-/m1/s1. The zero-order valence-electron chi connectivity index (χ0n) is 23.2. The molecule has 41 heavy (non-hydrogen) atoms. The molecule has 0 bridgehead atoms. The third kappa shape index (κ3) is 5.23. The molecule has 0 spiro atoms. The number of thiazole rings is 1. The Kier molecular flexibility index (Phi) is 7.46. The lowest BCUT2D eigenvalue weighted by atomic mass is 9.95. The number of carbonyl (C=O) groups excluding carboxylic acids is 1. The molecule has 210 valence electrons. The number of anilines is 1. The van der Waals surface area contributed by atoms with E-state index in [0.29, 0.717) is 43.3 Å². The molecule has 0 saturated carbocycles. The van der Waals surface area contributed by atoms with Gasteiger partial charge in [0.1, 0.15) is 11.5 Å². The maximum Gasteiger partial charge on any atom is 0.338 e. The summed E-state index contributed by atoms with van der Waals surface area (Å²) in [6.45, 7) is 5.34. The van der Waals surface area contributed by atoms with Crippen molar-refractivity contribution in [2.24, 2.45) is 4.99 Å². The average molecular weight is 573 g/mol. The molecule has 0 N–H and O–H groups in total. The van der Waals surface area contributed by atoms with E-state index in [0.717, 1.165) is 11.3 Å². The molecule has 1 atom stereocenters. The molecule has 3 heterocycles. The van der Waals surface area contributed by atoms with Crippen LogP contribution in [0.3, 0.4) is 0 Å². The molecule has 2 aromatic heterocycles. The first-order valence-electron chi connectivity index (χ1n) is 12.9. The third-order valence-corrected chi connectivity index (χ3v) is 7.82. The van der Waals surface area contributed by atoms with Gasteiger partial charge in [0, 0.05) is 43.1 Å². The Morgan fingerprint density at radius 3 is 2.56 bits per heavy atom. The van der Waals surface area contributed by atoms with Crippen molar-refractivity contribution in [3.63, 3.8) is 0 Å². The zero-order chi connectivity index (χ0) is 29.4. The summed E-state index contributed by atoms with van der Waals surface area (Å²) in [6, 6.07) is 15.2. The van der Waals surface area contributed by atoms with Crippen LogP contribution in [0.15, 0.2) is 80.1 Å². The third-order valence-electron chi connectivity index (χ3n) is 6.83. The van der Waals surface area contributed by atoms with Gasteiger partial charge in [-0.15, -0.1) is 0 Å². The molecular weight excluding hydrogens is 544 g/mol. The summed E-state index contributed by atoms with van der Waals surface area (Å²) in [7, 11) is 3.87. The van der Waals surface area contributed by atoms with E-state index in [1.54, 1.807) is 51.1 Å². The highest BCUT2D eigenvalue weighted by Crippen LogP contribution is 2.32. The molecule has 1 aliphatic rings. The van der Waals surface area contributed by atoms with Gasteiger partial charge in [0.15, 0.2) is 4.80 Å². The Bertz CT molecular complexity index is 1880. The molecule has 2 aromatic carbocycles. The summed E-state index contributed by atoms with van der Waals surface area (Å²) in [5.74, 6) is 0.320. The molecule has 11 heteroatoms. The van der Waals surface area contributed by atoms with Gasteiger partial charge in [0.2, 0.25) is 0 Å². The zero-order valence-corrected chi connectivity index (χ0v) is 24.0. The minimum atomic E-state index is -0.719. The van der Waals surface area contributed by atoms with Crippen LogP contribution < -0.4 is 19.8 Å². The van der Waals surface area contributed by atoms with Crippen LogP contribution in [0, 0.1) is 17.0 Å². The summed E-state index contributed by atoms with van der Waals surface area (Å²) in [4.78, 5) is 44.9. The SMILES string of the molecule is CCOC(=O)C1=C(C)N=c2s/c(=C/c3ccc(-c4ccc(C)c([N+](=O)[O-])c4)o3)c(=O)n2[C@@H]1c1ccc(N(C)C)cc1. The highest BCUT2D eigenvalue weighted by Gasteiger charge is 2.33. The molecule has 10 nitrogen and oxygen atoms in total. The van der Waals surface area contributed by atoms with Crippen LogP contribution in [-0.4, -0.2) is 36.2 Å². The van der Waals surface area contributed by atoms with Crippen molar-refractivity contribution in [3.05, 3.63) is 113 Å². The number of hydrogen-bond donors (Lipinski definition) is 0. The molecule has 0 saturated heterocycles. The molecular formula is C30H28N4O6S. The molecule has 5 rings (SSSR count). The fraction of sp³-hybridized carbons (Fsp3) is 0.233. The number of aryl methyl sites for hydroxylation is 1. The largest absolute Gasteiger partial charge is 0.463 e. The lowest BCUT2D eigenvalue weighted by molar-refractivity contribution is -0.385. The van der Waals surface area contributed by atoms with E-state index in [-0.39, 0.29) is 17.9 Å². The summed E-state index contributed by atoms with van der Waals surface area (Å²) >= 11 is 1.19. The van der Waals surface area contributed by atoms with Gasteiger partial charge in [-0.05, 0) is 50.6 Å². The molecule has 1 aliphatic heterocycles. The van der Waals surface area contributed by atoms with Crippen LogP contribution in [0.5, 0.6) is 0 Å². The summed E-state index contributed by atoms with van der Waals surface area (Å²) in [6.07, 6.45) is 1.62. The van der Waals surface area contributed by atoms with Gasteiger partial charge in [-0.2, -0.15) is 0 Å². The van der Waals surface area contributed by atoms with Crippen LogP contribution in [0.4, 0.5) is 11.4 Å². The van der Waals surface area contributed by atoms with E-state index in [2.05, 4.69) is 4.99 Å². The number of nitro groups is 1. The number of aromatic nitrogens is 1. The normalized spacial score (nSPS) is 15.0. The number of rotatable bonds is 7. The number of nitro benzene ring substituents is 1. The number of carbonyl (C=O) groups is 1. The summed E-state index contributed by atoms with van der Waals surface area (Å²) in [5, 5.41) is 11.4. The van der Waals surface area contributed by atoms with E-state index in [9.17, 15) is 19.7 Å². The molecule has 0 unspecified atom stereocenters. The molecule has 0 amide bonds. The van der Waals surface area contributed by atoms with Crippen molar-refractivity contribution in [1.29, 1.82) is 0 Å². The number of fused-ring (bicyclic) bond motifs is 1. The highest BCUT2D eigenvalue weighted by molar-refractivity contribution is 7.07. The van der Waals surface area contributed by atoms with Gasteiger partial charge in [-0.1, -0.05) is 35.6 Å². The molecule has 0 radical (unpaired) electrons. The predicted molar refractivity (Wildman–Crippen MR) is 157 cm³/mol. The Labute approximate surface area is 239 Å². The second-order valence-corrected chi connectivity index (χ2v) is 10.8. The number of furan rings is 1. The van der Waals surface area contributed by atoms with E-state index in [4.69, 9.17) is 9.15 Å². The summed E-state index contributed by atoms with van der Waals surface area (Å²) < 4.78 is 13.2. The molecule has 4 aromatic rings. The van der Waals surface area contributed by atoms with E-state index >= 15 is 0 Å². The van der Waals surface area contributed by atoms with Crippen LogP contribution in [0.1, 0.15) is 36.8 Å². The Morgan fingerprint density at radius 2 is 1.90 bits per heavy atom. The fourth-order valence-corrected chi connectivity index (χ4v) is 5.76. The van der Waals surface area contributed by atoms with Crippen LogP contribution >= 0.6 is 11.3 Å². The minimum absolute atomic E-state index is 0.000137. The number of esters is 1. The maximum atomic E-state index is 13.8. The monoisotopic (exact) mass is 572 g/mol. The molecule has 0 fully saturated rings. The van der Waals surface area contributed by atoms with Crippen molar-refractivity contribution < 1.29 is 18.9 Å². The Balaban J connectivity index is 1.61. The lowest BCUT2D eigenvalue weighted by Crippen LogP contribution is -2.39. The smallest absolute Gasteiger partial charge is 0.338 e. The Hall–Kier alpha value is -4.77. The average Bonchev–Trinajstić information content (AvgIpc) is 3.52. The number of ether oxygens (including phenoxy) is 1. The van der Waals surface area contributed by atoms with Crippen molar-refractivity contribution >= 4 is 34.8 Å². The first-order chi connectivity index (χ1) is 19.6. The van der Waals surface area contributed by atoms with Gasteiger partial charge in [-0.25, -0.2) is 9.79 Å². The highest BCUT2D eigenvalue weighted by atomic mass is 32.1. The first kappa shape index (κ1) is 27.8. The summed E-state index contributed by atoms with van der Waals surface area (Å²) in [5.41, 5.74) is 3.31. The van der Waals surface area contributed by atoms with Crippen molar-refractivity contribution in [3.8, 4) is 11.3 Å². The van der Waals surface area contributed by atoms with Gasteiger partial charge < -0.3 is 14.1 Å². The number of hydrogen-bond acceptors (Lipinski definition) is 9. The van der Waals surface area contributed by atoms with Crippen LogP contribution in [-0.2, 0) is 9.53 Å². The quantitative estimate of drug-likeness (QED) is 0.184. The number of benzene rings is 2. The van der Waals surface area contributed by atoms with E-state index < -0.39 is 16.9 Å². The number of nitrogens with zero attached hydrogens (tertiary/aromatic N) is 4. The van der Waals surface area contributed by atoms with Gasteiger partial charge >= 0.3 is 5.97 Å². The van der Waals surface area contributed by atoms with Gasteiger partial charge in [-0.3, -0.25) is 19.5 Å². The van der Waals surface area contributed by atoms with Gasteiger partial charge in [0.25, 0.3) is 11.2 Å². The van der Waals surface area contributed by atoms with Crippen LogP contribution in [0.25, 0.3) is 17.4 Å². The number of allylic oxidation sites excluding steroid dienone is 1. The fourth-order valence-electron chi connectivity index (χ4n) is 4.74. The minimum Gasteiger partial charge on any atom is -0.463 e. The molecule has 0 aliphatic carbocycles. The predicted octanol–water partition coefficient (Wildman–Crippen LogP) is 4.34. The van der Waals surface area contributed by atoms with Gasteiger partial charge in [0.05, 0.1) is 33.4 Å². The maximum absolute atomic E-state index is 13.8. The van der Waals surface area contributed by atoms with E-state index in [1.165, 1.54) is 22.0 Å². The van der Waals surface area contributed by atoms with Crippen molar-refractivity contribution in [2.75, 3.05) is 25.6 Å². The first-order valence-corrected chi connectivity index (χ1v) is 13.7. The van der Waals surface area contributed by atoms with Crippen LogP contribution in [0.2, 0.25) is 0 Å². The topological polar surface area (TPSA) is 120 Å². The van der Waals surface area contributed by atoms with Crippen molar-refractivity contribution in [1.82, 2.24) is 4.57 Å². The second kappa shape index (κ2) is 11.0. The van der Waals surface area contributed by atoms with Crippen molar-refractivity contribution in [2.45, 2.75) is 26.8 Å². The van der Waals surface area contributed by atoms with E-state index in [1.807, 2.05) is 43.3 Å². The second-order valence-electron chi connectivity index (χ2n) is 9.75.